The Labute approximate surface area is 194 Å². The molecule has 1 fully saturated rings. The number of nitrogens with one attached hydrogen (secondary N) is 2. The van der Waals surface area contributed by atoms with Crippen molar-refractivity contribution in [2.45, 2.75) is 25.3 Å². The van der Waals surface area contributed by atoms with E-state index in [4.69, 9.17) is 0 Å². The standard InChI is InChI=1S/C22H25N5O5S/c1-3-23-21(31)25-18-17(14-6-4-5-7-15(14)33-18)19(29)26-10-8-22(9-11-26)20(30)27(13-24-22)12-16(28)32-2/h4-7,13H,3,8-12H2,1-2H3,(H2,23,25,31). The van der Waals surface area contributed by atoms with Crippen LogP contribution < -0.4 is 10.6 Å². The molecule has 0 atom stereocenters. The fraction of sp³-hybridized carbons (Fsp3) is 0.409. The van der Waals surface area contributed by atoms with E-state index in [2.05, 4.69) is 20.4 Å². The van der Waals surface area contributed by atoms with E-state index in [0.717, 1.165) is 10.1 Å². The Hall–Kier alpha value is -3.47. The first kappa shape index (κ1) is 22.7. The second-order valence-electron chi connectivity index (χ2n) is 7.86. The van der Waals surface area contributed by atoms with E-state index in [1.165, 1.54) is 29.7 Å². The smallest absolute Gasteiger partial charge is 0.325 e. The SMILES string of the molecule is CCNC(=O)Nc1sc2ccccc2c1C(=O)N1CCC2(CC1)N=CN(CC(=O)OC)C2=O. The molecule has 2 aromatic rings. The van der Waals surface area contributed by atoms with Gasteiger partial charge < -0.3 is 15.0 Å². The van der Waals surface area contributed by atoms with Crippen LogP contribution in [-0.4, -0.2) is 78.8 Å². The highest BCUT2D eigenvalue weighted by atomic mass is 32.1. The maximum absolute atomic E-state index is 13.5. The lowest BCUT2D eigenvalue weighted by Gasteiger charge is -2.36. The van der Waals surface area contributed by atoms with Crippen LogP contribution >= 0.6 is 11.3 Å². The Kier molecular flexibility index (Phi) is 6.32. The average Bonchev–Trinajstić information content (AvgIpc) is 3.32. The summed E-state index contributed by atoms with van der Waals surface area (Å²) in [5.41, 5.74) is -0.504. The molecule has 11 heteroatoms. The molecule has 1 aromatic carbocycles. The zero-order valence-corrected chi connectivity index (χ0v) is 19.2. The number of aliphatic imine (C=N–C) groups is 1. The van der Waals surface area contributed by atoms with E-state index in [1.807, 2.05) is 31.2 Å². The largest absolute Gasteiger partial charge is 0.468 e. The Balaban J connectivity index is 1.52. The minimum absolute atomic E-state index is 0.182. The number of ether oxygens (including phenoxy) is 1. The van der Waals surface area contributed by atoms with Crippen LogP contribution in [0.2, 0.25) is 0 Å². The van der Waals surface area contributed by atoms with Gasteiger partial charge in [-0.3, -0.25) is 29.6 Å². The minimum atomic E-state index is -0.955. The van der Waals surface area contributed by atoms with Crippen molar-refractivity contribution in [1.29, 1.82) is 0 Å². The molecule has 1 aromatic heterocycles. The average molecular weight is 472 g/mol. The second-order valence-corrected chi connectivity index (χ2v) is 8.92. The van der Waals surface area contributed by atoms with E-state index >= 15 is 0 Å². The van der Waals surface area contributed by atoms with Gasteiger partial charge in [0.2, 0.25) is 0 Å². The number of carbonyl (C=O) groups is 4. The van der Waals surface area contributed by atoms with Crippen LogP contribution in [0.15, 0.2) is 29.3 Å². The molecule has 0 unspecified atom stereocenters. The molecule has 3 heterocycles. The van der Waals surface area contributed by atoms with Gasteiger partial charge in [0.15, 0.2) is 0 Å². The number of rotatable bonds is 5. The molecule has 0 saturated carbocycles. The first-order chi connectivity index (χ1) is 15.9. The quantitative estimate of drug-likeness (QED) is 0.647. The number of esters is 1. The molecule has 174 valence electrons. The molecule has 1 saturated heterocycles. The Morgan fingerprint density at radius 3 is 2.64 bits per heavy atom. The summed E-state index contributed by atoms with van der Waals surface area (Å²) in [5, 5.41) is 6.75. The number of carbonyl (C=O) groups excluding carboxylic acids is 4. The third-order valence-corrected chi connectivity index (χ3v) is 6.97. The van der Waals surface area contributed by atoms with Gasteiger partial charge in [0.25, 0.3) is 11.8 Å². The fourth-order valence-electron chi connectivity index (χ4n) is 4.11. The summed E-state index contributed by atoms with van der Waals surface area (Å²) in [5.74, 6) is -0.967. The molecular weight excluding hydrogens is 446 g/mol. The molecule has 2 N–H and O–H groups in total. The molecule has 10 nitrogen and oxygen atoms in total. The van der Waals surface area contributed by atoms with E-state index in [1.54, 1.807) is 4.90 Å². The van der Waals surface area contributed by atoms with Gasteiger partial charge in [-0.05, 0) is 25.8 Å². The van der Waals surface area contributed by atoms with Crippen LogP contribution in [0.3, 0.4) is 0 Å². The predicted molar refractivity (Wildman–Crippen MR) is 125 cm³/mol. The van der Waals surface area contributed by atoms with E-state index < -0.39 is 11.5 Å². The number of urea groups is 1. The summed E-state index contributed by atoms with van der Waals surface area (Å²) in [6.07, 6.45) is 2.09. The number of amides is 4. The van der Waals surface area contributed by atoms with Crippen LogP contribution in [0.4, 0.5) is 9.80 Å². The highest BCUT2D eigenvalue weighted by molar-refractivity contribution is 7.23. The summed E-state index contributed by atoms with van der Waals surface area (Å²) < 4.78 is 5.53. The third kappa shape index (κ3) is 4.28. The zero-order valence-electron chi connectivity index (χ0n) is 18.4. The zero-order chi connectivity index (χ0) is 23.6. The molecule has 2 aliphatic heterocycles. The van der Waals surface area contributed by atoms with Crippen molar-refractivity contribution >= 4 is 56.6 Å². The highest BCUT2D eigenvalue weighted by Crippen LogP contribution is 2.38. The number of likely N-dealkylation sites (tertiary alicyclic amines) is 1. The van der Waals surface area contributed by atoms with Gasteiger partial charge in [0.1, 0.15) is 17.1 Å². The normalized spacial score (nSPS) is 17.0. The molecule has 0 bridgehead atoms. The summed E-state index contributed by atoms with van der Waals surface area (Å²) >= 11 is 1.35. The molecule has 33 heavy (non-hydrogen) atoms. The van der Waals surface area contributed by atoms with E-state index in [0.29, 0.717) is 43.0 Å². The molecule has 2 aliphatic rings. The highest BCUT2D eigenvalue weighted by Gasteiger charge is 2.48. The predicted octanol–water partition coefficient (Wildman–Crippen LogP) is 2.06. The maximum Gasteiger partial charge on any atom is 0.325 e. The number of hydrogen-bond donors (Lipinski definition) is 2. The van der Waals surface area contributed by atoms with Crippen molar-refractivity contribution in [3.63, 3.8) is 0 Å². The Morgan fingerprint density at radius 1 is 1.21 bits per heavy atom. The number of benzene rings is 1. The lowest BCUT2D eigenvalue weighted by Crippen LogP contribution is -2.51. The molecule has 0 aliphatic carbocycles. The number of thiophene rings is 1. The second kappa shape index (κ2) is 9.18. The van der Waals surface area contributed by atoms with Crippen molar-refractivity contribution in [2.24, 2.45) is 4.99 Å². The van der Waals surface area contributed by atoms with Gasteiger partial charge in [-0.15, -0.1) is 11.3 Å². The van der Waals surface area contributed by atoms with Crippen LogP contribution in [0.25, 0.3) is 10.1 Å². The van der Waals surface area contributed by atoms with E-state index in [9.17, 15) is 19.2 Å². The number of nitrogens with zero attached hydrogens (tertiary/aromatic N) is 3. The topological polar surface area (TPSA) is 120 Å². The van der Waals surface area contributed by atoms with Gasteiger partial charge >= 0.3 is 12.0 Å². The number of hydrogen-bond acceptors (Lipinski definition) is 7. The maximum atomic E-state index is 13.5. The van der Waals surface area contributed by atoms with Gasteiger partial charge in [0, 0.05) is 29.7 Å². The summed E-state index contributed by atoms with van der Waals surface area (Å²) in [6, 6.07) is 7.15. The summed E-state index contributed by atoms with van der Waals surface area (Å²) in [4.78, 5) is 57.5. The number of methoxy groups -OCH3 is 1. The Bertz CT molecular complexity index is 1140. The molecule has 4 amide bonds. The molecule has 4 rings (SSSR count). The van der Waals surface area contributed by atoms with Crippen molar-refractivity contribution < 1.29 is 23.9 Å². The lowest BCUT2D eigenvalue weighted by molar-refractivity contribution is -0.145. The summed E-state index contributed by atoms with van der Waals surface area (Å²) in [6.45, 7) is 2.77. The van der Waals surface area contributed by atoms with Crippen molar-refractivity contribution in [2.75, 3.05) is 38.6 Å². The lowest BCUT2D eigenvalue weighted by atomic mass is 9.87. The fourth-order valence-corrected chi connectivity index (χ4v) is 5.20. The van der Waals surface area contributed by atoms with Crippen LogP contribution in [0.1, 0.15) is 30.1 Å². The number of anilines is 1. The van der Waals surface area contributed by atoms with Crippen LogP contribution in [0, 0.1) is 0 Å². The van der Waals surface area contributed by atoms with Crippen molar-refractivity contribution in [3.05, 3.63) is 29.8 Å². The van der Waals surface area contributed by atoms with Gasteiger partial charge in [-0.25, -0.2) is 4.79 Å². The monoisotopic (exact) mass is 471 g/mol. The molecular formula is C22H25N5O5S. The molecule has 1 spiro atoms. The molecule has 0 radical (unpaired) electrons. The first-order valence-corrected chi connectivity index (χ1v) is 11.5. The summed E-state index contributed by atoms with van der Waals surface area (Å²) in [7, 11) is 1.27. The number of piperidine rings is 1. The first-order valence-electron chi connectivity index (χ1n) is 10.7. The van der Waals surface area contributed by atoms with Crippen LogP contribution in [0.5, 0.6) is 0 Å². The minimum Gasteiger partial charge on any atom is -0.468 e. The number of fused-ring (bicyclic) bond motifs is 1. The Morgan fingerprint density at radius 2 is 1.94 bits per heavy atom. The van der Waals surface area contributed by atoms with E-state index in [-0.39, 0.29) is 24.4 Å². The van der Waals surface area contributed by atoms with Crippen molar-refractivity contribution in [1.82, 2.24) is 15.1 Å². The van der Waals surface area contributed by atoms with Gasteiger partial charge in [0.05, 0.1) is 19.0 Å². The van der Waals surface area contributed by atoms with Gasteiger partial charge in [-0.1, -0.05) is 18.2 Å². The van der Waals surface area contributed by atoms with Crippen LogP contribution in [-0.2, 0) is 14.3 Å². The van der Waals surface area contributed by atoms with Gasteiger partial charge in [-0.2, -0.15) is 0 Å². The van der Waals surface area contributed by atoms with Crippen molar-refractivity contribution in [3.8, 4) is 0 Å². The third-order valence-electron chi connectivity index (χ3n) is 5.88.